The number of sulfone groups is 1. The Morgan fingerprint density at radius 3 is 2.39 bits per heavy atom. The molecule has 0 spiro atoms. The quantitative estimate of drug-likeness (QED) is 0.389. The third-order valence-corrected chi connectivity index (χ3v) is 7.90. The number of anilines is 1. The van der Waals surface area contributed by atoms with E-state index in [9.17, 15) is 30.8 Å². The molecule has 0 bridgehead atoms. The SMILES string of the molecule is CS(=O)(=O)Cc1ccc2c(c1)S(=O)(=O)NC(=c1c(=O)c3cccn3n(Cc3ccc(F)cc3)c1=O)N2. The van der Waals surface area contributed by atoms with Crippen molar-refractivity contribution >= 4 is 36.9 Å². The van der Waals surface area contributed by atoms with E-state index in [-0.39, 0.29) is 39.8 Å². The van der Waals surface area contributed by atoms with Crippen molar-refractivity contribution in [2.24, 2.45) is 0 Å². The third kappa shape index (κ3) is 4.27. The molecular formula is C23H19FN4O6S2. The van der Waals surface area contributed by atoms with E-state index in [4.69, 9.17) is 0 Å². The van der Waals surface area contributed by atoms with Gasteiger partial charge in [-0.05, 0) is 47.5 Å². The number of halogens is 1. The lowest BCUT2D eigenvalue weighted by atomic mass is 10.2. The lowest BCUT2D eigenvalue weighted by Gasteiger charge is -2.23. The van der Waals surface area contributed by atoms with Crippen molar-refractivity contribution in [1.82, 2.24) is 13.9 Å². The van der Waals surface area contributed by atoms with E-state index in [2.05, 4.69) is 10.0 Å². The molecule has 1 aliphatic rings. The molecule has 2 N–H and O–H groups in total. The first-order valence-electron chi connectivity index (χ1n) is 10.6. The smallest absolute Gasteiger partial charge is 0.280 e. The van der Waals surface area contributed by atoms with Crippen molar-refractivity contribution < 1.29 is 21.2 Å². The van der Waals surface area contributed by atoms with Crippen LogP contribution >= 0.6 is 0 Å². The lowest BCUT2D eigenvalue weighted by molar-refractivity contribution is 0.586. The van der Waals surface area contributed by atoms with Crippen LogP contribution in [0.4, 0.5) is 10.1 Å². The average molecular weight is 531 g/mol. The summed E-state index contributed by atoms with van der Waals surface area (Å²) in [6, 6.07) is 12.6. The second kappa shape index (κ2) is 8.31. The predicted molar refractivity (Wildman–Crippen MR) is 131 cm³/mol. The first kappa shape index (κ1) is 23.8. The second-order valence-corrected chi connectivity index (χ2v) is 12.2. The highest BCUT2D eigenvalue weighted by Crippen LogP contribution is 2.28. The minimum atomic E-state index is -4.25. The summed E-state index contributed by atoms with van der Waals surface area (Å²) in [7, 11) is -7.65. The van der Waals surface area contributed by atoms with E-state index in [0.717, 1.165) is 6.26 Å². The maximum atomic E-state index is 13.5. The molecule has 0 saturated carbocycles. The van der Waals surface area contributed by atoms with Gasteiger partial charge in [-0.15, -0.1) is 0 Å². The molecule has 0 atom stereocenters. The summed E-state index contributed by atoms with van der Waals surface area (Å²) in [5, 5.41) is 2.38. The molecule has 186 valence electrons. The Balaban J connectivity index is 1.71. The molecule has 1 aliphatic heterocycles. The van der Waals surface area contributed by atoms with Crippen LogP contribution in [0.25, 0.3) is 11.3 Å². The van der Waals surface area contributed by atoms with Crippen LogP contribution in [0.15, 0.2) is 75.3 Å². The Morgan fingerprint density at radius 1 is 1.00 bits per heavy atom. The number of aromatic nitrogens is 2. The van der Waals surface area contributed by atoms with Crippen molar-refractivity contribution in [2.45, 2.75) is 17.2 Å². The summed E-state index contributed by atoms with van der Waals surface area (Å²) in [6.45, 7) is -0.0109. The lowest BCUT2D eigenvalue weighted by Crippen LogP contribution is -2.52. The summed E-state index contributed by atoms with van der Waals surface area (Å²) in [4.78, 5) is 26.5. The normalized spacial score (nSPS) is 16.3. The van der Waals surface area contributed by atoms with Crippen LogP contribution in [0.5, 0.6) is 0 Å². The second-order valence-electron chi connectivity index (χ2n) is 8.44. The molecule has 36 heavy (non-hydrogen) atoms. The fraction of sp³-hybridized carbons (Fsp3) is 0.130. The zero-order chi connectivity index (χ0) is 25.8. The summed E-state index contributed by atoms with van der Waals surface area (Å²) in [5.74, 6) is -1.11. The highest BCUT2D eigenvalue weighted by Gasteiger charge is 2.28. The molecule has 13 heteroatoms. The molecule has 0 amide bonds. The molecule has 0 radical (unpaired) electrons. The molecule has 0 saturated heterocycles. The molecule has 3 heterocycles. The Hall–Kier alpha value is -3.97. The number of sulfonamides is 1. The summed E-state index contributed by atoms with van der Waals surface area (Å²) >= 11 is 0. The largest absolute Gasteiger partial charge is 0.339 e. The zero-order valence-corrected chi connectivity index (χ0v) is 20.4. The van der Waals surface area contributed by atoms with E-state index in [0.29, 0.717) is 5.56 Å². The van der Waals surface area contributed by atoms with Crippen LogP contribution < -0.4 is 26.2 Å². The Bertz CT molecular complexity index is 1930. The minimum absolute atomic E-state index is 0.0109. The number of hydrogen-bond donors (Lipinski definition) is 2. The van der Waals surface area contributed by atoms with Gasteiger partial charge in [0.2, 0.25) is 5.43 Å². The monoisotopic (exact) mass is 530 g/mol. The Labute approximate surface area is 204 Å². The van der Waals surface area contributed by atoms with Crippen molar-refractivity contribution in [3.63, 3.8) is 0 Å². The van der Waals surface area contributed by atoms with Crippen molar-refractivity contribution in [3.8, 4) is 0 Å². The minimum Gasteiger partial charge on any atom is -0.339 e. The molecule has 0 fully saturated rings. The van der Waals surface area contributed by atoms with Gasteiger partial charge in [0.05, 0.1) is 18.0 Å². The molecule has 4 aromatic rings. The standard InChI is InChI=1S/C23H19FN4O6S2/c1-35(31,32)13-15-6-9-17-19(11-15)36(33,34)26-22(25-17)20-21(29)18-3-2-10-27(18)28(23(20)30)12-14-4-7-16(24)8-5-14/h2-11,25-26H,12-13H2,1H3. The van der Waals surface area contributed by atoms with Gasteiger partial charge in [0, 0.05) is 12.5 Å². The summed E-state index contributed by atoms with van der Waals surface area (Å²) < 4.78 is 67.5. The maximum absolute atomic E-state index is 13.5. The van der Waals surface area contributed by atoms with E-state index in [1.807, 2.05) is 0 Å². The van der Waals surface area contributed by atoms with Gasteiger partial charge in [0.15, 0.2) is 9.84 Å². The Kier molecular flexibility index (Phi) is 5.48. The zero-order valence-electron chi connectivity index (χ0n) is 18.7. The Morgan fingerprint density at radius 2 is 1.69 bits per heavy atom. The van der Waals surface area contributed by atoms with Gasteiger partial charge in [0.25, 0.3) is 15.6 Å². The van der Waals surface area contributed by atoms with Gasteiger partial charge in [0.1, 0.15) is 27.3 Å². The maximum Gasteiger partial charge on any atom is 0.280 e. The molecule has 5 rings (SSSR count). The first-order valence-corrected chi connectivity index (χ1v) is 14.1. The van der Waals surface area contributed by atoms with E-state index < -0.39 is 41.9 Å². The average Bonchev–Trinajstić information content (AvgIpc) is 3.27. The topological polar surface area (TPSA) is 136 Å². The van der Waals surface area contributed by atoms with Crippen LogP contribution in [-0.2, 0) is 32.2 Å². The molecule has 10 nitrogen and oxygen atoms in total. The van der Waals surface area contributed by atoms with Crippen molar-refractivity contribution in [2.75, 3.05) is 11.6 Å². The van der Waals surface area contributed by atoms with Gasteiger partial charge in [-0.3, -0.25) is 18.8 Å². The van der Waals surface area contributed by atoms with Crippen molar-refractivity contribution in [3.05, 3.63) is 104 Å². The molecule has 0 aliphatic carbocycles. The van der Waals surface area contributed by atoms with Gasteiger partial charge < -0.3 is 5.32 Å². The van der Waals surface area contributed by atoms with E-state index in [1.165, 1.54) is 63.9 Å². The number of benzene rings is 2. The molecular weight excluding hydrogens is 511 g/mol. The fourth-order valence-corrected chi connectivity index (χ4v) is 6.13. The van der Waals surface area contributed by atoms with Crippen LogP contribution in [0.2, 0.25) is 0 Å². The fourth-order valence-electron chi connectivity index (χ4n) is 4.09. The number of hydrogen-bond acceptors (Lipinski definition) is 7. The van der Waals surface area contributed by atoms with E-state index in [1.54, 1.807) is 6.07 Å². The summed E-state index contributed by atoms with van der Waals surface area (Å²) in [5.41, 5.74) is -0.385. The van der Waals surface area contributed by atoms with Gasteiger partial charge >= 0.3 is 0 Å². The van der Waals surface area contributed by atoms with Crippen molar-refractivity contribution in [1.29, 1.82) is 0 Å². The number of fused-ring (bicyclic) bond motifs is 2. The molecule has 2 aromatic carbocycles. The highest BCUT2D eigenvalue weighted by atomic mass is 32.2. The number of nitrogens with zero attached hydrogens (tertiary/aromatic N) is 2. The highest BCUT2D eigenvalue weighted by molar-refractivity contribution is 7.90. The van der Waals surface area contributed by atoms with Crippen LogP contribution in [0, 0.1) is 5.82 Å². The van der Waals surface area contributed by atoms with Crippen LogP contribution in [0.1, 0.15) is 11.1 Å². The van der Waals surface area contributed by atoms with Crippen LogP contribution in [-0.4, -0.2) is 32.3 Å². The predicted octanol–water partition coefficient (Wildman–Crippen LogP) is 0.382. The molecule has 0 unspecified atom stereocenters. The number of rotatable bonds is 4. The third-order valence-electron chi connectivity index (χ3n) is 5.65. The van der Waals surface area contributed by atoms with Gasteiger partial charge in [-0.2, -0.15) is 0 Å². The van der Waals surface area contributed by atoms with Crippen LogP contribution in [0.3, 0.4) is 0 Å². The van der Waals surface area contributed by atoms with Gasteiger partial charge in [-0.25, -0.2) is 25.9 Å². The number of nitrogens with one attached hydrogen (secondary N) is 2. The first-order chi connectivity index (χ1) is 16.9. The molecule has 2 aromatic heterocycles. The van der Waals surface area contributed by atoms with E-state index >= 15 is 0 Å². The van der Waals surface area contributed by atoms with Gasteiger partial charge in [-0.1, -0.05) is 18.2 Å². The summed E-state index contributed by atoms with van der Waals surface area (Å²) in [6.07, 6.45) is 2.56.